The Morgan fingerprint density at radius 3 is 2.60 bits per heavy atom. The lowest BCUT2D eigenvalue weighted by atomic mass is 9.90. The molecule has 2 fully saturated rings. The minimum Gasteiger partial charge on any atom is -0.481 e. The Hall–Kier alpha value is -0.570. The van der Waals surface area contributed by atoms with Gasteiger partial charge in [0.15, 0.2) is 0 Å². The smallest absolute Gasteiger partial charge is 0.308 e. The van der Waals surface area contributed by atoms with Crippen LogP contribution in [0.15, 0.2) is 0 Å². The zero-order valence-electron chi connectivity index (χ0n) is 9.48. The first kappa shape index (κ1) is 10.9. The van der Waals surface area contributed by atoms with E-state index >= 15 is 0 Å². The molecule has 2 unspecified atom stereocenters. The van der Waals surface area contributed by atoms with Crippen molar-refractivity contribution in [3.8, 4) is 0 Å². The monoisotopic (exact) mass is 211 g/mol. The Bertz CT molecular complexity index is 238. The molecule has 0 bridgehead atoms. The van der Waals surface area contributed by atoms with E-state index in [1.165, 1.54) is 19.3 Å². The quantitative estimate of drug-likeness (QED) is 0.776. The Labute approximate surface area is 91.5 Å². The Kier molecular flexibility index (Phi) is 3.29. The van der Waals surface area contributed by atoms with Gasteiger partial charge in [0.25, 0.3) is 0 Å². The number of carboxylic acid groups (broad SMARTS) is 1. The molecule has 86 valence electrons. The van der Waals surface area contributed by atoms with Crippen LogP contribution in [0.4, 0.5) is 0 Å². The molecule has 2 rings (SSSR count). The summed E-state index contributed by atoms with van der Waals surface area (Å²) in [7, 11) is 2.09. The molecule has 1 saturated heterocycles. The lowest BCUT2D eigenvalue weighted by Gasteiger charge is -2.31. The Balaban J connectivity index is 2.06. The summed E-state index contributed by atoms with van der Waals surface area (Å²) in [6.45, 7) is 1.07. The van der Waals surface area contributed by atoms with Crippen molar-refractivity contribution in [1.82, 2.24) is 4.90 Å². The summed E-state index contributed by atoms with van der Waals surface area (Å²) in [5.41, 5.74) is 0. The first-order valence-corrected chi connectivity index (χ1v) is 6.13. The second-order valence-electron chi connectivity index (χ2n) is 5.10. The topological polar surface area (TPSA) is 40.5 Å². The van der Waals surface area contributed by atoms with Crippen molar-refractivity contribution in [3.05, 3.63) is 0 Å². The zero-order valence-corrected chi connectivity index (χ0v) is 9.48. The van der Waals surface area contributed by atoms with Gasteiger partial charge in [-0.25, -0.2) is 0 Å². The molecule has 15 heavy (non-hydrogen) atoms. The van der Waals surface area contributed by atoms with Gasteiger partial charge in [-0.1, -0.05) is 12.8 Å². The molecule has 1 N–H and O–H groups in total. The molecule has 0 amide bonds. The van der Waals surface area contributed by atoms with Crippen LogP contribution >= 0.6 is 0 Å². The van der Waals surface area contributed by atoms with Crippen LogP contribution in [0, 0.1) is 11.8 Å². The highest BCUT2D eigenvalue weighted by molar-refractivity contribution is 5.71. The van der Waals surface area contributed by atoms with Crippen molar-refractivity contribution in [2.75, 3.05) is 13.6 Å². The molecule has 2 atom stereocenters. The van der Waals surface area contributed by atoms with Crippen molar-refractivity contribution in [2.45, 2.75) is 44.6 Å². The third kappa shape index (κ3) is 2.51. The first-order valence-electron chi connectivity index (χ1n) is 6.13. The van der Waals surface area contributed by atoms with Crippen LogP contribution in [0.3, 0.4) is 0 Å². The van der Waals surface area contributed by atoms with Crippen molar-refractivity contribution >= 4 is 5.97 Å². The van der Waals surface area contributed by atoms with Crippen LogP contribution in [0.2, 0.25) is 0 Å². The van der Waals surface area contributed by atoms with Gasteiger partial charge < -0.3 is 10.0 Å². The molecule has 0 spiro atoms. The third-order valence-electron chi connectivity index (χ3n) is 3.91. The van der Waals surface area contributed by atoms with Crippen molar-refractivity contribution in [3.63, 3.8) is 0 Å². The maximum Gasteiger partial charge on any atom is 0.308 e. The summed E-state index contributed by atoms with van der Waals surface area (Å²) < 4.78 is 0. The normalized spacial score (nSPS) is 30.9. The van der Waals surface area contributed by atoms with Crippen LogP contribution in [-0.4, -0.2) is 35.6 Å². The molecule has 2 aliphatic rings. The second-order valence-corrected chi connectivity index (χ2v) is 5.10. The molecular weight excluding hydrogens is 190 g/mol. The molecule has 0 aromatic carbocycles. The number of hydrogen-bond acceptors (Lipinski definition) is 2. The van der Waals surface area contributed by atoms with Crippen molar-refractivity contribution in [2.24, 2.45) is 11.8 Å². The van der Waals surface area contributed by atoms with E-state index < -0.39 is 5.97 Å². The van der Waals surface area contributed by atoms with Gasteiger partial charge in [-0.2, -0.15) is 0 Å². The molecule has 0 radical (unpaired) electrons. The van der Waals surface area contributed by atoms with Gasteiger partial charge in [-0.3, -0.25) is 4.79 Å². The molecule has 3 nitrogen and oxygen atoms in total. The zero-order chi connectivity index (χ0) is 10.8. The van der Waals surface area contributed by atoms with Crippen LogP contribution in [0.5, 0.6) is 0 Å². The fraction of sp³-hybridized carbons (Fsp3) is 0.917. The van der Waals surface area contributed by atoms with E-state index in [-0.39, 0.29) is 12.0 Å². The highest BCUT2D eigenvalue weighted by Gasteiger charge is 2.42. The minimum absolute atomic E-state index is 0.104. The second kappa shape index (κ2) is 4.52. The summed E-state index contributed by atoms with van der Waals surface area (Å²) in [6, 6.07) is 0.289. The SMILES string of the molecule is CN1CCCCCC1C(C(=O)O)C1CC1. The number of likely N-dealkylation sites (tertiary alicyclic amines) is 1. The van der Waals surface area contributed by atoms with Crippen LogP contribution in [0.1, 0.15) is 38.5 Å². The molecule has 0 aromatic rings. The standard InChI is InChI=1S/C12H21NO2/c1-13-8-4-2-3-5-10(13)11(12(14)15)9-6-7-9/h9-11H,2-8H2,1H3,(H,14,15). The summed E-state index contributed by atoms with van der Waals surface area (Å²) in [5, 5.41) is 9.32. The largest absolute Gasteiger partial charge is 0.481 e. The van der Waals surface area contributed by atoms with Gasteiger partial charge in [0, 0.05) is 6.04 Å². The highest BCUT2D eigenvalue weighted by atomic mass is 16.4. The van der Waals surface area contributed by atoms with E-state index in [1.807, 2.05) is 0 Å². The average Bonchev–Trinajstić information content (AvgIpc) is 2.97. The van der Waals surface area contributed by atoms with Crippen LogP contribution in [0.25, 0.3) is 0 Å². The average molecular weight is 211 g/mol. The predicted octanol–water partition coefficient (Wildman–Crippen LogP) is 1.97. The maximum atomic E-state index is 11.3. The molecule has 1 heterocycles. The number of aliphatic carboxylic acids is 1. The highest BCUT2D eigenvalue weighted by Crippen LogP contribution is 2.41. The van der Waals surface area contributed by atoms with Crippen LogP contribution in [-0.2, 0) is 4.79 Å². The number of carbonyl (C=O) groups is 1. The lowest BCUT2D eigenvalue weighted by Crippen LogP contribution is -2.42. The molecule has 0 aromatic heterocycles. The predicted molar refractivity (Wildman–Crippen MR) is 58.7 cm³/mol. The fourth-order valence-electron chi connectivity index (χ4n) is 2.87. The molecule has 1 aliphatic heterocycles. The van der Waals surface area contributed by atoms with E-state index in [0.29, 0.717) is 5.92 Å². The van der Waals surface area contributed by atoms with Crippen molar-refractivity contribution in [1.29, 1.82) is 0 Å². The van der Waals surface area contributed by atoms with Crippen molar-refractivity contribution < 1.29 is 9.90 Å². The Morgan fingerprint density at radius 1 is 1.27 bits per heavy atom. The van der Waals surface area contributed by atoms with Gasteiger partial charge in [-0.15, -0.1) is 0 Å². The van der Waals surface area contributed by atoms with Crippen LogP contribution < -0.4 is 0 Å². The minimum atomic E-state index is -0.573. The fourth-order valence-corrected chi connectivity index (χ4v) is 2.87. The van der Waals surface area contributed by atoms with E-state index in [2.05, 4.69) is 11.9 Å². The number of hydrogen-bond donors (Lipinski definition) is 1. The van der Waals surface area contributed by atoms with E-state index in [0.717, 1.165) is 25.8 Å². The summed E-state index contributed by atoms with van der Waals surface area (Å²) in [6.07, 6.45) is 7.01. The van der Waals surface area contributed by atoms with E-state index in [1.54, 1.807) is 0 Å². The van der Waals surface area contributed by atoms with Gasteiger partial charge >= 0.3 is 5.97 Å². The number of nitrogens with zero attached hydrogens (tertiary/aromatic N) is 1. The maximum absolute atomic E-state index is 11.3. The van der Waals surface area contributed by atoms with E-state index in [4.69, 9.17) is 0 Å². The number of rotatable bonds is 3. The van der Waals surface area contributed by atoms with Gasteiger partial charge in [0.05, 0.1) is 5.92 Å². The number of carboxylic acids is 1. The van der Waals surface area contributed by atoms with Gasteiger partial charge in [0.1, 0.15) is 0 Å². The third-order valence-corrected chi connectivity index (χ3v) is 3.91. The molecular formula is C12H21NO2. The molecule has 1 saturated carbocycles. The molecule has 3 heteroatoms. The Morgan fingerprint density at radius 2 is 2.00 bits per heavy atom. The summed E-state index contributed by atoms with van der Waals surface area (Å²) in [4.78, 5) is 13.6. The lowest BCUT2D eigenvalue weighted by molar-refractivity contribution is -0.145. The summed E-state index contributed by atoms with van der Waals surface area (Å²) >= 11 is 0. The van der Waals surface area contributed by atoms with Gasteiger partial charge in [0.2, 0.25) is 0 Å². The van der Waals surface area contributed by atoms with Gasteiger partial charge in [-0.05, 0) is 45.2 Å². The first-order chi connectivity index (χ1) is 7.20. The summed E-state index contributed by atoms with van der Waals surface area (Å²) in [5.74, 6) is -0.211. The molecule has 1 aliphatic carbocycles. The van der Waals surface area contributed by atoms with E-state index in [9.17, 15) is 9.90 Å².